The first-order valence-electron chi connectivity index (χ1n) is 9.39. The van der Waals surface area contributed by atoms with Gasteiger partial charge >= 0.3 is 0 Å². The summed E-state index contributed by atoms with van der Waals surface area (Å²) >= 11 is 6.12. The van der Waals surface area contributed by atoms with E-state index in [1.165, 1.54) is 0 Å². The molecule has 2 amide bonds. The van der Waals surface area contributed by atoms with Gasteiger partial charge < -0.3 is 10.6 Å². The van der Waals surface area contributed by atoms with Crippen molar-refractivity contribution >= 4 is 29.1 Å². The lowest BCUT2D eigenvalue weighted by Crippen LogP contribution is -2.35. The van der Waals surface area contributed by atoms with Crippen molar-refractivity contribution in [1.82, 2.24) is 5.32 Å². The molecule has 5 nitrogen and oxygen atoms in total. The van der Waals surface area contributed by atoms with Crippen LogP contribution in [0.25, 0.3) is 0 Å². The molecule has 1 aliphatic rings. The molecule has 2 aromatic rings. The van der Waals surface area contributed by atoms with E-state index in [1.54, 1.807) is 30.3 Å². The van der Waals surface area contributed by atoms with Crippen molar-refractivity contribution < 1.29 is 9.59 Å². The molecule has 0 saturated heterocycles. The lowest BCUT2D eigenvalue weighted by molar-refractivity contribution is -0.128. The standard InChI is InChI=1S/C22H22ClN3O2/c23-20-7-2-1-5-18(20)14-25-21(27)16-8-10-17(11-9-16)22(28)26-19-6-3-4-15(12-19)13-24/h1-7,12,16-17H,8-11,14H2,(H,25,27)(H,26,28). The summed E-state index contributed by atoms with van der Waals surface area (Å²) in [4.78, 5) is 24.9. The third kappa shape index (κ3) is 5.11. The number of anilines is 1. The van der Waals surface area contributed by atoms with Crippen LogP contribution < -0.4 is 10.6 Å². The summed E-state index contributed by atoms with van der Waals surface area (Å²) in [6, 6.07) is 16.4. The summed E-state index contributed by atoms with van der Waals surface area (Å²) < 4.78 is 0. The SMILES string of the molecule is N#Cc1cccc(NC(=O)C2CCC(C(=O)NCc3ccccc3Cl)CC2)c1. The monoisotopic (exact) mass is 395 g/mol. The van der Waals surface area contributed by atoms with Crippen LogP contribution in [0.4, 0.5) is 5.69 Å². The molecule has 2 N–H and O–H groups in total. The van der Waals surface area contributed by atoms with Crippen LogP contribution in [-0.2, 0) is 16.1 Å². The maximum absolute atomic E-state index is 12.5. The van der Waals surface area contributed by atoms with Gasteiger partial charge in [-0.3, -0.25) is 9.59 Å². The molecule has 0 aromatic heterocycles. The zero-order valence-corrected chi connectivity index (χ0v) is 16.2. The van der Waals surface area contributed by atoms with Gasteiger partial charge in [0, 0.05) is 29.1 Å². The van der Waals surface area contributed by atoms with Gasteiger partial charge in [0.15, 0.2) is 0 Å². The van der Waals surface area contributed by atoms with Crippen LogP contribution >= 0.6 is 11.6 Å². The maximum Gasteiger partial charge on any atom is 0.227 e. The summed E-state index contributed by atoms with van der Waals surface area (Å²) in [6.45, 7) is 0.411. The van der Waals surface area contributed by atoms with E-state index in [0.717, 1.165) is 5.56 Å². The lowest BCUT2D eigenvalue weighted by atomic mass is 9.81. The second kappa shape index (κ2) is 9.38. The molecule has 3 rings (SSSR count). The van der Waals surface area contributed by atoms with Crippen LogP contribution in [0.5, 0.6) is 0 Å². The quantitative estimate of drug-likeness (QED) is 0.792. The first kappa shape index (κ1) is 19.9. The molecular weight excluding hydrogens is 374 g/mol. The Bertz CT molecular complexity index is 899. The number of rotatable bonds is 5. The third-order valence-corrected chi connectivity index (χ3v) is 5.51. The van der Waals surface area contributed by atoms with Crippen molar-refractivity contribution in [2.24, 2.45) is 11.8 Å². The molecule has 0 atom stereocenters. The van der Waals surface area contributed by atoms with Gasteiger partial charge in [0.1, 0.15) is 0 Å². The van der Waals surface area contributed by atoms with Gasteiger partial charge in [-0.1, -0.05) is 35.9 Å². The molecule has 0 radical (unpaired) electrons. The lowest BCUT2D eigenvalue weighted by Gasteiger charge is -2.27. The molecule has 1 aliphatic carbocycles. The fourth-order valence-corrected chi connectivity index (χ4v) is 3.70. The normalized spacial score (nSPS) is 18.7. The summed E-state index contributed by atoms with van der Waals surface area (Å²) in [5.74, 6) is -0.225. The van der Waals surface area contributed by atoms with E-state index < -0.39 is 0 Å². The maximum atomic E-state index is 12.5. The van der Waals surface area contributed by atoms with E-state index in [4.69, 9.17) is 16.9 Å². The highest BCUT2D eigenvalue weighted by atomic mass is 35.5. The van der Waals surface area contributed by atoms with E-state index >= 15 is 0 Å². The van der Waals surface area contributed by atoms with Gasteiger partial charge in [-0.15, -0.1) is 0 Å². The largest absolute Gasteiger partial charge is 0.352 e. The number of carbonyl (C=O) groups is 2. The molecular formula is C22H22ClN3O2. The van der Waals surface area contributed by atoms with Gasteiger partial charge in [0.2, 0.25) is 11.8 Å². The van der Waals surface area contributed by atoms with E-state index in [9.17, 15) is 9.59 Å². The molecule has 1 saturated carbocycles. The molecule has 28 heavy (non-hydrogen) atoms. The fraction of sp³-hybridized carbons (Fsp3) is 0.318. The highest BCUT2D eigenvalue weighted by molar-refractivity contribution is 6.31. The fourth-order valence-electron chi connectivity index (χ4n) is 3.50. The zero-order valence-electron chi connectivity index (χ0n) is 15.5. The highest BCUT2D eigenvalue weighted by Crippen LogP contribution is 2.30. The molecule has 2 aromatic carbocycles. The van der Waals surface area contributed by atoms with Crippen LogP contribution in [0.1, 0.15) is 36.8 Å². The number of hydrogen-bond donors (Lipinski definition) is 2. The summed E-state index contributed by atoms with van der Waals surface area (Å²) in [6.07, 6.45) is 2.72. The van der Waals surface area contributed by atoms with Crippen LogP contribution in [0.2, 0.25) is 5.02 Å². The molecule has 0 spiro atoms. The number of amides is 2. The topological polar surface area (TPSA) is 82.0 Å². The highest BCUT2D eigenvalue weighted by Gasteiger charge is 2.30. The molecule has 0 unspecified atom stereocenters. The van der Waals surface area contributed by atoms with Gasteiger partial charge in [-0.05, 0) is 55.5 Å². The van der Waals surface area contributed by atoms with Gasteiger partial charge in [0.25, 0.3) is 0 Å². The van der Waals surface area contributed by atoms with E-state index in [-0.39, 0.29) is 23.7 Å². The van der Waals surface area contributed by atoms with Crippen molar-refractivity contribution in [2.75, 3.05) is 5.32 Å². The summed E-state index contributed by atoms with van der Waals surface area (Å²) in [5, 5.41) is 15.4. The number of carbonyl (C=O) groups excluding carboxylic acids is 2. The smallest absolute Gasteiger partial charge is 0.227 e. The number of nitriles is 1. The number of benzene rings is 2. The number of nitrogens with zero attached hydrogens (tertiary/aromatic N) is 1. The van der Waals surface area contributed by atoms with Gasteiger partial charge in [-0.25, -0.2) is 0 Å². The Morgan fingerprint density at radius 1 is 1.00 bits per heavy atom. The van der Waals surface area contributed by atoms with Gasteiger partial charge in [-0.2, -0.15) is 5.26 Å². The van der Waals surface area contributed by atoms with Crippen molar-refractivity contribution in [3.8, 4) is 6.07 Å². The Morgan fingerprint density at radius 3 is 2.36 bits per heavy atom. The van der Waals surface area contributed by atoms with Crippen molar-refractivity contribution in [3.05, 3.63) is 64.7 Å². The Balaban J connectivity index is 1.47. The van der Waals surface area contributed by atoms with Crippen molar-refractivity contribution in [3.63, 3.8) is 0 Å². The molecule has 144 valence electrons. The zero-order chi connectivity index (χ0) is 19.9. The first-order chi connectivity index (χ1) is 13.6. The minimum atomic E-state index is -0.113. The number of halogens is 1. The average molecular weight is 396 g/mol. The van der Waals surface area contributed by atoms with Gasteiger partial charge in [0.05, 0.1) is 11.6 Å². The van der Waals surface area contributed by atoms with Crippen LogP contribution in [0.3, 0.4) is 0 Å². The van der Waals surface area contributed by atoms with Crippen LogP contribution in [0.15, 0.2) is 48.5 Å². The third-order valence-electron chi connectivity index (χ3n) is 5.14. The summed E-state index contributed by atoms with van der Waals surface area (Å²) in [7, 11) is 0. The number of hydrogen-bond acceptors (Lipinski definition) is 3. The second-order valence-corrected chi connectivity index (χ2v) is 7.45. The van der Waals surface area contributed by atoms with E-state index in [2.05, 4.69) is 16.7 Å². The molecule has 0 heterocycles. The minimum Gasteiger partial charge on any atom is -0.352 e. The van der Waals surface area contributed by atoms with Crippen LogP contribution in [-0.4, -0.2) is 11.8 Å². The number of nitrogens with one attached hydrogen (secondary N) is 2. The predicted molar refractivity (Wildman–Crippen MR) is 109 cm³/mol. The van der Waals surface area contributed by atoms with E-state index in [1.807, 2.05) is 18.2 Å². The molecule has 0 bridgehead atoms. The second-order valence-electron chi connectivity index (χ2n) is 7.04. The predicted octanol–water partition coefficient (Wildman–Crippen LogP) is 4.27. The Morgan fingerprint density at radius 2 is 1.68 bits per heavy atom. The van der Waals surface area contributed by atoms with E-state index in [0.29, 0.717) is 48.5 Å². The molecule has 6 heteroatoms. The minimum absolute atomic E-state index is 0.0144. The van der Waals surface area contributed by atoms with Crippen molar-refractivity contribution in [2.45, 2.75) is 32.2 Å². The van der Waals surface area contributed by atoms with Crippen molar-refractivity contribution in [1.29, 1.82) is 5.26 Å². The Kier molecular flexibility index (Phi) is 6.67. The summed E-state index contributed by atoms with van der Waals surface area (Å²) in [5.41, 5.74) is 2.03. The Labute approximate surface area is 169 Å². The van der Waals surface area contributed by atoms with Crippen LogP contribution in [0, 0.1) is 23.2 Å². The first-order valence-corrected chi connectivity index (χ1v) is 9.76. The molecule has 0 aliphatic heterocycles. The Hall–Kier alpha value is -2.84. The molecule has 1 fully saturated rings. The average Bonchev–Trinajstić information content (AvgIpc) is 2.73.